The summed E-state index contributed by atoms with van der Waals surface area (Å²) in [6.45, 7) is 0.290. The van der Waals surface area contributed by atoms with Gasteiger partial charge in [0.2, 0.25) is 0 Å². The normalized spacial score (nSPS) is 16.0. The maximum atomic E-state index is 11.7. The molecule has 210 valence electrons. The second-order valence-corrected chi connectivity index (χ2v) is 8.77. The van der Waals surface area contributed by atoms with Crippen LogP contribution in [0.1, 0.15) is 71.1 Å². The molecule has 6 N–H and O–H groups in total. The molecule has 0 aromatic carbocycles. The fraction of sp³-hybridized carbons (Fsp3) is 0.958. The van der Waals surface area contributed by atoms with Crippen LogP contribution in [-0.4, -0.2) is 114 Å². The van der Waals surface area contributed by atoms with Crippen molar-refractivity contribution in [3.05, 3.63) is 0 Å². The van der Waals surface area contributed by atoms with Gasteiger partial charge in [0.15, 0.2) is 6.29 Å². The van der Waals surface area contributed by atoms with Gasteiger partial charge in [-0.1, -0.05) is 58.3 Å². The van der Waals surface area contributed by atoms with Crippen molar-refractivity contribution in [1.29, 1.82) is 0 Å². The largest absolute Gasteiger partial charge is 0.463 e. The van der Waals surface area contributed by atoms with Crippen LogP contribution in [0.5, 0.6) is 0 Å². The van der Waals surface area contributed by atoms with Crippen LogP contribution in [0.4, 0.5) is 0 Å². The maximum Gasteiger partial charge on any atom is 0.305 e. The SMILES string of the molecule is CCCCCCCCCCCC(=O)OCC(O)COCC(O)COCC(O)C(O)OCC(O)CO. The number of aliphatic hydroxyl groups is 6. The molecular weight excluding hydrogens is 464 g/mol. The summed E-state index contributed by atoms with van der Waals surface area (Å²) in [7, 11) is 0. The summed E-state index contributed by atoms with van der Waals surface area (Å²) in [6, 6.07) is 0. The van der Waals surface area contributed by atoms with E-state index >= 15 is 0 Å². The molecule has 0 radical (unpaired) electrons. The molecule has 0 aliphatic rings. The number of carbonyl (C=O) groups is 1. The van der Waals surface area contributed by atoms with E-state index in [-0.39, 0.29) is 45.6 Å². The van der Waals surface area contributed by atoms with Crippen molar-refractivity contribution in [2.24, 2.45) is 0 Å². The summed E-state index contributed by atoms with van der Waals surface area (Å²) in [5, 5.41) is 56.6. The monoisotopic (exact) mass is 512 g/mol. The molecule has 0 aliphatic heterocycles. The number of ether oxygens (including phenoxy) is 4. The van der Waals surface area contributed by atoms with Crippen molar-refractivity contribution in [2.75, 3.05) is 46.2 Å². The molecule has 0 saturated heterocycles. The fourth-order valence-electron chi connectivity index (χ4n) is 3.06. The Morgan fingerprint density at radius 2 is 1.17 bits per heavy atom. The third-order valence-electron chi connectivity index (χ3n) is 5.14. The van der Waals surface area contributed by atoms with Crippen LogP contribution in [0.2, 0.25) is 0 Å². The van der Waals surface area contributed by atoms with Gasteiger partial charge in [0.1, 0.15) is 31.0 Å². The Labute approximate surface area is 209 Å². The molecule has 0 spiro atoms. The van der Waals surface area contributed by atoms with Gasteiger partial charge in [0.25, 0.3) is 0 Å². The van der Waals surface area contributed by atoms with Crippen LogP contribution >= 0.6 is 0 Å². The first-order valence-corrected chi connectivity index (χ1v) is 12.7. The van der Waals surface area contributed by atoms with E-state index in [1.807, 2.05) is 0 Å². The van der Waals surface area contributed by atoms with Crippen LogP contribution in [-0.2, 0) is 23.7 Å². The molecule has 0 saturated carbocycles. The average molecular weight is 513 g/mol. The lowest BCUT2D eigenvalue weighted by Crippen LogP contribution is -2.36. The Bertz CT molecular complexity index is 480. The molecule has 35 heavy (non-hydrogen) atoms. The van der Waals surface area contributed by atoms with Gasteiger partial charge in [-0.25, -0.2) is 0 Å². The summed E-state index contributed by atoms with van der Waals surface area (Å²) in [6.07, 6.45) is 4.50. The molecule has 5 atom stereocenters. The lowest BCUT2D eigenvalue weighted by molar-refractivity contribution is -0.191. The molecule has 11 heteroatoms. The smallest absolute Gasteiger partial charge is 0.305 e. The highest BCUT2D eigenvalue weighted by molar-refractivity contribution is 5.69. The summed E-state index contributed by atoms with van der Waals surface area (Å²) in [5.74, 6) is -0.351. The summed E-state index contributed by atoms with van der Waals surface area (Å²) in [5.41, 5.74) is 0. The standard InChI is InChI=1S/C24H48O11/c1-2-3-4-5-6-7-8-9-10-11-23(30)34-17-21(28)15-32-13-20(27)14-33-18-22(29)24(31)35-16-19(26)12-25/h19-22,24-29,31H,2-18H2,1H3. The molecule has 11 nitrogen and oxygen atoms in total. The number of aliphatic hydroxyl groups excluding tert-OH is 6. The summed E-state index contributed by atoms with van der Waals surface area (Å²) in [4.78, 5) is 11.7. The number of rotatable bonds is 25. The average Bonchev–Trinajstić information content (AvgIpc) is 2.84. The van der Waals surface area contributed by atoms with Gasteiger partial charge in [0, 0.05) is 6.42 Å². The molecule has 5 unspecified atom stereocenters. The van der Waals surface area contributed by atoms with E-state index in [4.69, 9.17) is 29.2 Å². The van der Waals surface area contributed by atoms with E-state index < -0.39 is 37.3 Å². The van der Waals surface area contributed by atoms with Gasteiger partial charge in [-0.15, -0.1) is 0 Å². The Kier molecular flexibility index (Phi) is 22.9. The molecule has 0 aromatic rings. The number of unbranched alkanes of at least 4 members (excludes halogenated alkanes) is 8. The fourth-order valence-corrected chi connectivity index (χ4v) is 3.06. The third kappa shape index (κ3) is 22.1. The lowest BCUT2D eigenvalue weighted by Gasteiger charge is -2.20. The Morgan fingerprint density at radius 1 is 0.657 bits per heavy atom. The molecule has 0 rings (SSSR count). The van der Waals surface area contributed by atoms with Crippen LogP contribution in [0.25, 0.3) is 0 Å². The van der Waals surface area contributed by atoms with Crippen molar-refractivity contribution in [1.82, 2.24) is 0 Å². The molecule has 0 aromatic heterocycles. The second-order valence-electron chi connectivity index (χ2n) is 8.77. The summed E-state index contributed by atoms with van der Waals surface area (Å²) < 4.78 is 20.0. The minimum absolute atomic E-state index is 0.134. The van der Waals surface area contributed by atoms with Crippen molar-refractivity contribution in [2.45, 2.75) is 102 Å². The number of hydrogen-bond donors (Lipinski definition) is 6. The van der Waals surface area contributed by atoms with Crippen molar-refractivity contribution in [3.63, 3.8) is 0 Å². The van der Waals surface area contributed by atoms with Crippen LogP contribution in [0.15, 0.2) is 0 Å². The van der Waals surface area contributed by atoms with Crippen LogP contribution < -0.4 is 0 Å². The molecule has 0 heterocycles. The quantitative estimate of drug-likeness (QED) is 0.0562. The first-order chi connectivity index (χ1) is 16.8. The second kappa shape index (κ2) is 23.5. The van der Waals surface area contributed by atoms with Gasteiger partial charge in [0.05, 0.1) is 39.6 Å². The van der Waals surface area contributed by atoms with E-state index in [2.05, 4.69) is 6.92 Å². The molecule has 0 bridgehead atoms. The third-order valence-corrected chi connectivity index (χ3v) is 5.14. The highest BCUT2D eigenvalue weighted by Crippen LogP contribution is 2.11. The molecular formula is C24H48O11. The van der Waals surface area contributed by atoms with E-state index in [1.165, 1.54) is 38.5 Å². The molecule has 0 amide bonds. The topological polar surface area (TPSA) is 175 Å². The zero-order valence-electron chi connectivity index (χ0n) is 21.1. The number of carbonyl (C=O) groups excluding carboxylic acids is 1. The van der Waals surface area contributed by atoms with Gasteiger partial charge < -0.3 is 49.6 Å². The van der Waals surface area contributed by atoms with Gasteiger partial charge in [-0.3, -0.25) is 4.79 Å². The zero-order chi connectivity index (χ0) is 26.3. The van der Waals surface area contributed by atoms with E-state index in [1.54, 1.807) is 0 Å². The van der Waals surface area contributed by atoms with E-state index in [0.29, 0.717) is 6.42 Å². The van der Waals surface area contributed by atoms with Crippen molar-refractivity contribution in [3.8, 4) is 0 Å². The Hall–Kier alpha value is -0.890. The first kappa shape index (κ1) is 34.1. The van der Waals surface area contributed by atoms with Crippen LogP contribution in [0, 0.1) is 0 Å². The predicted octanol–water partition coefficient (Wildman–Crippen LogP) is 0.255. The zero-order valence-corrected chi connectivity index (χ0v) is 21.1. The molecule has 0 fully saturated rings. The highest BCUT2D eigenvalue weighted by Gasteiger charge is 2.19. The predicted molar refractivity (Wildman–Crippen MR) is 128 cm³/mol. The van der Waals surface area contributed by atoms with Crippen LogP contribution in [0.3, 0.4) is 0 Å². The highest BCUT2D eigenvalue weighted by atomic mass is 16.6. The van der Waals surface area contributed by atoms with Gasteiger partial charge in [-0.05, 0) is 6.42 Å². The van der Waals surface area contributed by atoms with Crippen molar-refractivity contribution >= 4 is 5.97 Å². The molecule has 0 aliphatic carbocycles. The summed E-state index contributed by atoms with van der Waals surface area (Å²) >= 11 is 0. The minimum atomic E-state index is -1.62. The first-order valence-electron chi connectivity index (χ1n) is 12.7. The maximum absolute atomic E-state index is 11.7. The van der Waals surface area contributed by atoms with Gasteiger partial charge in [-0.2, -0.15) is 0 Å². The lowest BCUT2D eigenvalue weighted by atomic mass is 10.1. The Balaban J connectivity index is 3.64. The van der Waals surface area contributed by atoms with Gasteiger partial charge >= 0.3 is 5.97 Å². The van der Waals surface area contributed by atoms with E-state index in [9.17, 15) is 25.2 Å². The minimum Gasteiger partial charge on any atom is -0.463 e. The number of hydrogen-bond acceptors (Lipinski definition) is 11. The Morgan fingerprint density at radius 3 is 1.74 bits per heavy atom. The number of esters is 1. The van der Waals surface area contributed by atoms with E-state index in [0.717, 1.165) is 19.3 Å². The van der Waals surface area contributed by atoms with Crippen molar-refractivity contribution < 1.29 is 54.4 Å².